The number of carbonyl (C=O) groups is 1. The molecule has 0 aliphatic carbocycles. The lowest BCUT2D eigenvalue weighted by atomic mass is 10.1. The molecule has 2 N–H and O–H groups in total. The minimum Gasteiger partial charge on any atom is -0.478 e. The fourth-order valence-electron chi connectivity index (χ4n) is 1.81. The molecule has 1 aromatic heterocycles. The van der Waals surface area contributed by atoms with Gasteiger partial charge in [0, 0.05) is 6.61 Å². The predicted molar refractivity (Wildman–Crippen MR) is 61.3 cm³/mol. The van der Waals surface area contributed by atoms with Crippen molar-refractivity contribution >= 4 is 11.8 Å². The summed E-state index contributed by atoms with van der Waals surface area (Å²) in [5, 5.41) is 20.2. The van der Waals surface area contributed by atoms with Crippen LogP contribution in [0.3, 0.4) is 0 Å². The second kappa shape index (κ2) is 4.67. The van der Waals surface area contributed by atoms with Crippen LogP contribution in [0, 0.1) is 13.8 Å². The molecule has 1 aromatic rings. The zero-order valence-corrected chi connectivity index (χ0v) is 9.86. The highest BCUT2D eigenvalue weighted by molar-refractivity contribution is 5.94. The lowest BCUT2D eigenvalue weighted by molar-refractivity contribution is 0.0696. The second-order valence-corrected chi connectivity index (χ2v) is 4.14. The molecule has 17 heavy (non-hydrogen) atoms. The van der Waals surface area contributed by atoms with E-state index in [0.29, 0.717) is 30.3 Å². The van der Waals surface area contributed by atoms with Gasteiger partial charge in [0.1, 0.15) is 5.56 Å². The summed E-state index contributed by atoms with van der Waals surface area (Å²) in [6, 6.07) is 0.115. The van der Waals surface area contributed by atoms with Crippen molar-refractivity contribution in [2.75, 3.05) is 18.5 Å². The van der Waals surface area contributed by atoms with Gasteiger partial charge < -0.3 is 15.2 Å². The average Bonchev–Trinajstić information content (AvgIpc) is 2.76. The highest BCUT2D eigenvalue weighted by Gasteiger charge is 2.22. The summed E-state index contributed by atoms with van der Waals surface area (Å²) in [7, 11) is 0. The molecule has 2 rings (SSSR count). The molecular weight excluding hydrogens is 222 g/mol. The predicted octanol–water partition coefficient (Wildman–Crippen LogP) is 0.992. The van der Waals surface area contributed by atoms with Crippen molar-refractivity contribution in [3.8, 4) is 0 Å². The van der Waals surface area contributed by atoms with Gasteiger partial charge in [0.15, 0.2) is 5.82 Å². The number of hydrogen-bond acceptors (Lipinski definition) is 5. The quantitative estimate of drug-likeness (QED) is 0.815. The summed E-state index contributed by atoms with van der Waals surface area (Å²) in [6.07, 6.45) is 0.855. The fourth-order valence-corrected chi connectivity index (χ4v) is 1.81. The first-order chi connectivity index (χ1) is 8.09. The third-order valence-corrected chi connectivity index (χ3v) is 2.94. The number of nitrogens with zero attached hydrogens (tertiary/aromatic N) is 2. The summed E-state index contributed by atoms with van der Waals surface area (Å²) >= 11 is 0. The molecule has 0 spiro atoms. The minimum atomic E-state index is -0.984. The molecule has 0 bridgehead atoms. The van der Waals surface area contributed by atoms with Gasteiger partial charge in [0.25, 0.3) is 0 Å². The molecule has 1 saturated heterocycles. The van der Waals surface area contributed by atoms with Crippen molar-refractivity contribution < 1.29 is 14.6 Å². The van der Waals surface area contributed by atoms with E-state index in [-0.39, 0.29) is 11.6 Å². The number of carboxylic acid groups (broad SMARTS) is 1. The minimum absolute atomic E-state index is 0.115. The first kappa shape index (κ1) is 11.8. The number of nitrogens with one attached hydrogen (secondary N) is 1. The van der Waals surface area contributed by atoms with Crippen molar-refractivity contribution in [1.29, 1.82) is 0 Å². The Kier molecular flexibility index (Phi) is 3.23. The van der Waals surface area contributed by atoms with Crippen LogP contribution in [0.5, 0.6) is 0 Å². The van der Waals surface area contributed by atoms with Crippen molar-refractivity contribution in [1.82, 2.24) is 10.2 Å². The van der Waals surface area contributed by atoms with Crippen LogP contribution >= 0.6 is 0 Å². The summed E-state index contributed by atoms with van der Waals surface area (Å²) in [5.41, 5.74) is 1.48. The number of rotatable bonds is 3. The molecule has 1 unspecified atom stereocenters. The largest absolute Gasteiger partial charge is 0.478 e. The number of ether oxygens (including phenoxy) is 1. The van der Waals surface area contributed by atoms with Crippen LogP contribution in [0.15, 0.2) is 0 Å². The Morgan fingerprint density at radius 2 is 2.24 bits per heavy atom. The summed E-state index contributed by atoms with van der Waals surface area (Å²) in [4.78, 5) is 11.2. The smallest absolute Gasteiger partial charge is 0.339 e. The highest BCUT2D eigenvalue weighted by atomic mass is 16.5. The molecule has 1 fully saturated rings. The standard InChI is InChI=1S/C11H15N3O3/c1-6-7(2)13-14-10(9(6)11(15)16)12-8-3-4-17-5-8/h8H,3-5H2,1-2H3,(H,12,14)(H,15,16). The topological polar surface area (TPSA) is 84.3 Å². The maximum atomic E-state index is 11.2. The second-order valence-electron chi connectivity index (χ2n) is 4.14. The maximum Gasteiger partial charge on any atom is 0.339 e. The Hall–Kier alpha value is -1.69. The summed E-state index contributed by atoms with van der Waals surface area (Å²) in [5.74, 6) is -0.655. The fraction of sp³-hybridized carbons (Fsp3) is 0.545. The van der Waals surface area contributed by atoms with E-state index in [1.54, 1.807) is 13.8 Å². The Morgan fingerprint density at radius 1 is 1.47 bits per heavy atom. The number of aromatic nitrogens is 2. The van der Waals surface area contributed by atoms with Crippen molar-refractivity contribution in [3.63, 3.8) is 0 Å². The number of carboxylic acids is 1. The van der Waals surface area contributed by atoms with E-state index < -0.39 is 5.97 Å². The highest BCUT2D eigenvalue weighted by Crippen LogP contribution is 2.20. The van der Waals surface area contributed by atoms with Gasteiger partial charge in [-0.15, -0.1) is 5.10 Å². The molecule has 2 heterocycles. The number of aromatic carboxylic acids is 1. The van der Waals surface area contributed by atoms with Crippen molar-refractivity contribution in [2.45, 2.75) is 26.3 Å². The van der Waals surface area contributed by atoms with Crippen molar-refractivity contribution in [2.24, 2.45) is 0 Å². The molecular formula is C11H15N3O3. The summed E-state index contributed by atoms with van der Waals surface area (Å²) < 4.78 is 5.23. The van der Waals surface area contributed by atoms with Crippen molar-refractivity contribution in [3.05, 3.63) is 16.8 Å². The molecule has 92 valence electrons. The average molecular weight is 237 g/mol. The van der Waals surface area contributed by atoms with Crippen LogP contribution in [0.25, 0.3) is 0 Å². The Balaban J connectivity index is 2.32. The zero-order valence-electron chi connectivity index (χ0n) is 9.86. The molecule has 0 aromatic carbocycles. The monoisotopic (exact) mass is 237 g/mol. The molecule has 1 aliphatic rings. The van der Waals surface area contributed by atoms with E-state index in [9.17, 15) is 9.90 Å². The number of hydrogen-bond donors (Lipinski definition) is 2. The van der Waals surface area contributed by atoms with Gasteiger partial charge in [-0.1, -0.05) is 0 Å². The van der Waals surface area contributed by atoms with Gasteiger partial charge in [0.05, 0.1) is 18.3 Å². The van der Waals surface area contributed by atoms with E-state index in [0.717, 1.165) is 6.42 Å². The van der Waals surface area contributed by atoms with Crippen LogP contribution in [-0.4, -0.2) is 40.5 Å². The molecule has 1 aliphatic heterocycles. The summed E-state index contributed by atoms with van der Waals surface area (Å²) in [6.45, 7) is 4.76. The van der Waals surface area contributed by atoms with Crippen LogP contribution in [0.2, 0.25) is 0 Å². The molecule has 6 heteroatoms. The number of aryl methyl sites for hydroxylation is 1. The van der Waals surface area contributed by atoms with E-state index in [1.807, 2.05) is 0 Å². The van der Waals surface area contributed by atoms with Gasteiger partial charge in [-0.05, 0) is 25.8 Å². The van der Waals surface area contributed by atoms with E-state index in [4.69, 9.17) is 4.74 Å². The van der Waals surface area contributed by atoms with Crippen LogP contribution in [0.4, 0.5) is 5.82 Å². The van der Waals surface area contributed by atoms with Crippen LogP contribution in [-0.2, 0) is 4.74 Å². The Bertz CT molecular complexity index is 442. The van der Waals surface area contributed by atoms with Crippen LogP contribution < -0.4 is 5.32 Å². The lowest BCUT2D eigenvalue weighted by Gasteiger charge is -2.14. The molecule has 6 nitrogen and oxygen atoms in total. The number of anilines is 1. The third-order valence-electron chi connectivity index (χ3n) is 2.94. The first-order valence-electron chi connectivity index (χ1n) is 5.51. The van der Waals surface area contributed by atoms with E-state index in [2.05, 4.69) is 15.5 Å². The SMILES string of the molecule is Cc1nnc(NC2CCOC2)c(C(=O)O)c1C. The van der Waals surface area contributed by atoms with Gasteiger partial charge in [-0.25, -0.2) is 4.79 Å². The van der Waals surface area contributed by atoms with Gasteiger partial charge in [-0.3, -0.25) is 0 Å². The normalized spacial score (nSPS) is 19.3. The van der Waals surface area contributed by atoms with E-state index >= 15 is 0 Å². The maximum absolute atomic E-state index is 11.2. The van der Waals surface area contributed by atoms with Gasteiger partial charge >= 0.3 is 5.97 Å². The lowest BCUT2D eigenvalue weighted by Crippen LogP contribution is -2.23. The molecule has 0 radical (unpaired) electrons. The zero-order chi connectivity index (χ0) is 12.4. The van der Waals surface area contributed by atoms with Gasteiger partial charge in [0.2, 0.25) is 0 Å². The van der Waals surface area contributed by atoms with Gasteiger partial charge in [-0.2, -0.15) is 5.10 Å². The Morgan fingerprint density at radius 3 is 2.82 bits per heavy atom. The third kappa shape index (κ3) is 2.36. The van der Waals surface area contributed by atoms with Crippen LogP contribution in [0.1, 0.15) is 28.0 Å². The van der Waals surface area contributed by atoms with E-state index in [1.165, 1.54) is 0 Å². The molecule has 1 atom stereocenters. The first-order valence-corrected chi connectivity index (χ1v) is 5.51. The Labute approximate surface area is 99.0 Å². The molecule has 0 amide bonds. The molecule has 0 saturated carbocycles.